The Hall–Kier alpha value is -3.61. The molecule has 2 aromatic carbocycles. The van der Waals surface area contributed by atoms with Crippen molar-refractivity contribution in [2.45, 2.75) is 22.2 Å². The van der Waals surface area contributed by atoms with Crippen LogP contribution in [0.1, 0.15) is 15.9 Å². The van der Waals surface area contributed by atoms with E-state index in [0.717, 1.165) is 11.1 Å². The van der Waals surface area contributed by atoms with E-state index >= 15 is 0 Å². The van der Waals surface area contributed by atoms with Gasteiger partial charge in [-0.15, -0.1) is 23.1 Å². The highest BCUT2D eigenvalue weighted by Gasteiger charge is 2.54. The number of carboxylic acids is 2. The van der Waals surface area contributed by atoms with Crippen molar-refractivity contribution in [1.29, 1.82) is 0 Å². The normalized spacial score (nSPS) is 18.7. The number of rotatable bonds is 8. The van der Waals surface area contributed by atoms with Crippen molar-refractivity contribution in [3.8, 4) is 11.3 Å². The highest BCUT2D eigenvalue weighted by Crippen LogP contribution is 2.46. The van der Waals surface area contributed by atoms with Gasteiger partial charge in [0.25, 0.3) is 5.91 Å². The van der Waals surface area contributed by atoms with E-state index in [1.165, 1.54) is 51.9 Å². The minimum atomic E-state index is -1.21. The molecule has 5 rings (SSSR count). The van der Waals surface area contributed by atoms with Crippen molar-refractivity contribution >= 4 is 58.6 Å². The third kappa shape index (κ3) is 5.13. The molecule has 3 N–H and O–H groups in total. The first-order valence-corrected chi connectivity index (χ1v) is 13.8. The average Bonchev–Trinajstić information content (AvgIpc) is 3.36. The monoisotopic (exact) mass is 553 g/mol. The maximum absolute atomic E-state index is 12.9. The first-order chi connectivity index (χ1) is 17.8. The maximum atomic E-state index is 12.9. The van der Waals surface area contributed by atoms with Crippen LogP contribution in [0.2, 0.25) is 0 Å². The number of amides is 2. The number of hydrogen-bond acceptors (Lipinski definition) is 8. The van der Waals surface area contributed by atoms with Crippen LogP contribution in [0.15, 0.2) is 74.9 Å². The van der Waals surface area contributed by atoms with Gasteiger partial charge < -0.3 is 15.5 Å². The van der Waals surface area contributed by atoms with Gasteiger partial charge in [0.2, 0.25) is 5.91 Å². The molecule has 37 heavy (non-hydrogen) atoms. The van der Waals surface area contributed by atoms with Gasteiger partial charge in [-0.2, -0.15) is 0 Å². The number of aromatic carboxylic acids is 1. The average molecular weight is 554 g/mol. The molecule has 188 valence electrons. The number of hydrogen-bond donors (Lipinski definition) is 3. The molecule has 2 atom stereocenters. The van der Waals surface area contributed by atoms with Crippen LogP contribution in [0.25, 0.3) is 11.3 Å². The number of carbonyl (C=O) groups excluding carboxylic acids is 2. The fourth-order valence-electron chi connectivity index (χ4n) is 4.00. The lowest BCUT2D eigenvalue weighted by molar-refractivity contribution is -0.150. The van der Waals surface area contributed by atoms with E-state index in [1.807, 2.05) is 35.7 Å². The minimum Gasteiger partial charge on any atom is -0.478 e. The van der Waals surface area contributed by atoms with E-state index in [4.69, 9.17) is 5.11 Å². The van der Waals surface area contributed by atoms with Crippen LogP contribution in [0.4, 0.5) is 0 Å². The van der Waals surface area contributed by atoms with Crippen LogP contribution < -0.4 is 5.32 Å². The Labute approximate surface area is 223 Å². The zero-order valence-corrected chi connectivity index (χ0v) is 21.4. The molecule has 12 heteroatoms. The zero-order chi connectivity index (χ0) is 26.1. The standard InChI is InChI=1S/C25H19N3O6S3/c29-18(10-13-4-2-1-3-5-13)27-19-21(30)28-20(24(33)34)17(12-35-22(19)28)37-25-26-16(11-36-25)14-6-8-15(9-7-14)23(31)32/h1-9,11,19,22H,10,12H2,(H,27,29)(H,31,32)(H,33,34)/t19-,22-/m1/s1. The second-order valence-corrected chi connectivity index (χ2v) is 11.5. The lowest BCUT2D eigenvalue weighted by Crippen LogP contribution is -2.70. The SMILES string of the molecule is O=C(Cc1ccccc1)N[C@@H]1C(=O)N2C(C(=O)O)=C(Sc3nc(-c4ccc(C(=O)O)cc4)cs3)CS[C@H]12. The van der Waals surface area contributed by atoms with Crippen molar-refractivity contribution in [1.82, 2.24) is 15.2 Å². The van der Waals surface area contributed by atoms with Gasteiger partial charge in [0.1, 0.15) is 17.1 Å². The quantitative estimate of drug-likeness (QED) is 0.358. The van der Waals surface area contributed by atoms with Crippen molar-refractivity contribution in [3.63, 3.8) is 0 Å². The van der Waals surface area contributed by atoms with Crippen LogP contribution in [0, 0.1) is 0 Å². The number of aliphatic carboxylic acids is 1. The summed E-state index contributed by atoms with van der Waals surface area (Å²) >= 11 is 3.92. The maximum Gasteiger partial charge on any atom is 0.353 e. The molecule has 9 nitrogen and oxygen atoms in total. The molecule has 0 radical (unpaired) electrons. The molecule has 1 aromatic heterocycles. The number of thioether (sulfide) groups is 2. The lowest BCUT2D eigenvalue weighted by Gasteiger charge is -2.49. The fourth-order valence-corrected chi connectivity index (χ4v) is 7.46. The topological polar surface area (TPSA) is 137 Å². The Morgan fingerprint density at radius 2 is 1.78 bits per heavy atom. The molecule has 0 saturated carbocycles. The Balaban J connectivity index is 1.29. The van der Waals surface area contributed by atoms with Crippen LogP contribution in [0.3, 0.4) is 0 Å². The Morgan fingerprint density at radius 1 is 1.05 bits per heavy atom. The fraction of sp³-hybridized carbons (Fsp3) is 0.160. The summed E-state index contributed by atoms with van der Waals surface area (Å²) in [7, 11) is 0. The molecule has 0 spiro atoms. The number of aromatic nitrogens is 1. The highest BCUT2D eigenvalue weighted by molar-refractivity contribution is 8.07. The number of nitrogens with one attached hydrogen (secondary N) is 1. The number of thiazole rings is 1. The number of benzene rings is 2. The summed E-state index contributed by atoms with van der Waals surface area (Å²) in [6.45, 7) is 0. The van der Waals surface area contributed by atoms with Gasteiger partial charge in [0.15, 0.2) is 4.34 Å². The number of carbonyl (C=O) groups is 4. The van der Waals surface area contributed by atoms with E-state index in [2.05, 4.69) is 10.3 Å². The summed E-state index contributed by atoms with van der Waals surface area (Å²) in [4.78, 5) is 54.9. The molecule has 1 saturated heterocycles. The molecular formula is C25H19N3O6S3. The Bertz CT molecular complexity index is 1420. The van der Waals surface area contributed by atoms with Crippen LogP contribution in [0.5, 0.6) is 0 Å². The summed E-state index contributed by atoms with van der Waals surface area (Å²) in [6.07, 6.45) is 0.135. The molecule has 3 heterocycles. The number of fused-ring (bicyclic) bond motifs is 1. The van der Waals surface area contributed by atoms with E-state index in [9.17, 15) is 24.3 Å². The van der Waals surface area contributed by atoms with Gasteiger partial charge in [-0.3, -0.25) is 14.5 Å². The van der Waals surface area contributed by atoms with Crippen LogP contribution in [-0.4, -0.2) is 61.0 Å². The number of carboxylic acid groups (broad SMARTS) is 2. The van der Waals surface area contributed by atoms with E-state index in [-0.39, 0.29) is 23.6 Å². The second kappa shape index (κ2) is 10.4. The number of β-lactam (4-membered cyclic amide) rings is 1. The predicted molar refractivity (Wildman–Crippen MR) is 140 cm³/mol. The Kier molecular flexibility index (Phi) is 7.04. The summed E-state index contributed by atoms with van der Waals surface area (Å²) in [6, 6.07) is 14.7. The van der Waals surface area contributed by atoms with E-state index in [1.54, 1.807) is 12.1 Å². The van der Waals surface area contributed by atoms with Gasteiger partial charge in [-0.25, -0.2) is 14.6 Å². The highest BCUT2D eigenvalue weighted by atomic mass is 32.2. The molecule has 0 aliphatic carbocycles. The molecule has 0 bridgehead atoms. The van der Waals surface area contributed by atoms with Crippen LogP contribution >= 0.6 is 34.9 Å². The van der Waals surface area contributed by atoms with Gasteiger partial charge in [0.05, 0.1) is 17.7 Å². The van der Waals surface area contributed by atoms with Crippen molar-refractivity contribution in [2.24, 2.45) is 0 Å². The van der Waals surface area contributed by atoms with Crippen molar-refractivity contribution in [2.75, 3.05) is 5.75 Å². The first kappa shape index (κ1) is 25.1. The summed E-state index contributed by atoms with van der Waals surface area (Å²) in [5.74, 6) is -2.62. The second-order valence-electron chi connectivity index (χ2n) is 8.18. The van der Waals surface area contributed by atoms with Gasteiger partial charge >= 0.3 is 11.9 Å². The molecule has 2 aliphatic heterocycles. The van der Waals surface area contributed by atoms with Crippen molar-refractivity contribution < 1.29 is 29.4 Å². The summed E-state index contributed by atoms with van der Waals surface area (Å²) < 4.78 is 0.603. The first-order valence-electron chi connectivity index (χ1n) is 11.0. The predicted octanol–water partition coefficient (Wildman–Crippen LogP) is 3.54. The van der Waals surface area contributed by atoms with Crippen LogP contribution in [-0.2, 0) is 20.8 Å². The molecular weight excluding hydrogens is 534 g/mol. The van der Waals surface area contributed by atoms with Gasteiger partial charge in [0, 0.05) is 21.6 Å². The lowest BCUT2D eigenvalue weighted by atomic mass is 10.0. The summed E-state index contributed by atoms with van der Waals surface area (Å²) in [5.41, 5.74) is 2.29. The Morgan fingerprint density at radius 3 is 2.46 bits per heavy atom. The number of nitrogens with zero attached hydrogens (tertiary/aromatic N) is 2. The van der Waals surface area contributed by atoms with Gasteiger partial charge in [-0.1, -0.05) is 54.2 Å². The smallest absolute Gasteiger partial charge is 0.353 e. The molecule has 1 fully saturated rings. The minimum absolute atomic E-state index is 0.0881. The molecule has 2 amide bonds. The summed E-state index contributed by atoms with van der Waals surface area (Å²) in [5, 5.41) is 23.1. The third-order valence-electron chi connectivity index (χ3n) is 5.78. The third-order valence-corrected chi connectivity index (χ3v) is 9.27. The van der Waals surface area contributed by atoms with Crippen molar-refractivity contribution in [3.05, 3.63) is 81.7 Å². The van der Waals surface area contributed by atoms with E-state index in [0.29, 0.717) is 20.7 Å². The molecule has 0 unspecified atom stereocenters. The molecule has 3 aromatic rings. The van der Waals surface area contributed by atoms with E-state index < -0.39 is 29.3 Å². The van der Waals surface area contributed by atoms with Gasteiger partial charge in [-0.05, 0) is 17.7 Å². The molecule has 2 aliphatic rings. The zero-order valence-electron chi connectivity index (χ0n) is 19.0. The largest absolute Gasteiger partial charge is 0.478 e.